The van der Waals surface area contributed by atoms with Gasteiger partial charge in [-0.2, -0.15) is 0 Å². The first-order valence-electron chi connectivity index (χ1n) is 9.18. The van der Waals surface area contributed by atoms with Crippen LogP contribution in [0.25, 0.3) is 0 Å². The summed E-state index contributed by atoms with van der Waals surface area (Å²) in [5.41, 5.74) is 1.12. The zero-order chi connectivity index (χ0) is 19.0. The van der Waals surface area contributed by atoms with Crippen molar-refractivity contribution in [2.45, 2.75) is 35.7 Å². The molecule has 0 amide bonds. The van der Waals surface area contributed by atoms with Crippen LogP contribution >= 0.6 is 0 Å². The molecule has 2 aromatic carbocycles. The largest absolute Gasteiger partial charge is 0.454 e. The molecular weight excluding hydrogens is 364 g/mol. The molecule has 0 spiro atoms. The summed E-state index contributed by atoms with van der Waals surface area (Å²) < 4.78 is 36.5. The van der Waals surface area contributed by atoms with Crippen LogP contribution in [0.3, 0.4) is 0 Å². The number of piperazine rings is 1. The SMILES string of the molecule is C[C@@H]1CNCCN1[C@@H](C)c1ccc(S(=O)(=O)c2ccc3c(c2)OCO3)cc1. The van der Waals surface area contributed by atoms with E-state index >= 15 is 0 Å². The normalized spacial score (nSPS) is 21.2. The van der Waals surface area contributed by atoms with Crippen LogP contribution < -0.4 is 14.8 Å². The number of nitrogens with one attached hydrogen (secondary N) is 1. The minimum absolute atomic E-state index is 0.121. The van der Waals surface area contributed by atoms with E-state index in [1.165, 1.54) is 6.07 Å². The molecule has 0 radical (unpaired) electrons. The van der Waals surface area contributed by atoms with Crippen LogP contribution in [0.2, 0.25) is 0 Å². The number of rotatable bonds is 4. The fraction of sp³-hybridized carbons (Fsp3) is 0.400. The highest BCUT2D eigenvalue weighted by molar-refractivity contribution is 7.91. The molecule has 1 fully saturated rings. The zero-order valence-corrected chi connectivity index (χ0v) is 16.3. The molecule has 7 heteroatoms. The summed E-state index contributed by atoms with van der Waals surface area (Å²) in [7, 11) is -3.60. The fourth-order valence-corrected chi connectivity index (χ4v) is 5.01. The van der Waals surface area contributed by atoms with Gasteiger partial charge in [-0.3, -0.25) is 4.90 Å². The number of ether oxygens (including phenoxy) is 2. The number of hydrogen-bond donors (Lipinski definition) is 1. The van der Waals surface area contributed by atoms with Gasteiger partial charge in [0.1, 0.15) is 0 Å². The van der Waals surface area contributed by atoms with Gasteiger partial charge < -0.3 is 14.8 Å². The summed E-state index contributed by atoms with van der Waals surface area (Å²) in [5, 5.41) is 3.40. The van der Waals surface area contributed by atoms with E-state index in [-0.39, 0.29) is 22.6 Å². The number of benzene rings is 2. The molecule has 4 rings (SSSR count). The molecule has 0 saturated carbocycles. The van der Waals surface area contributed by atoms with Crippen LogP contribution in [0, 0.1) is 0 Å². The Kier molecular flexibility index (Phi) is 4.84. The van der Waals surface area contributed by atoms with Gasteiger partial charge in [0, 0.05) is 37.8 Å². The van der Waals surface area contributed by atoms with Gasteiger partial charge in [0.25, 0.3) is 0 Å². The van der Waals surface area contributed by atoms with E-state index in [9.17, 15) is 8.42 Å². The summed E-state index contributed by atoms with van der Waals surface area (Å²) >= 11 is 0. The second kappa shape index (κ2) is 7.14. The lowest BCUT2D eigenvalue weighted by molar-refractivity contribution is 0.126. The van der Waals surface area contributed by atoms with Crippen molar-refractivity contribution in [2.24, 2.45) is 0 Å². The summed E-state index contributed by atoms with van der Waals surface area (Å²) in [6.07, 6.45) is 0. The van der Waals surface area contributed by atoms with Gasteiger partial charge in [-0.05, 0) is 43.7 Å². The van der Waals surface area contributed by atoms with Crippen molar-refractivity contribution < 1.29 is 17.9 Å². The standard InChI is InChI=1S/C20H24N2O4S/c1-14-12-21-9-10-22(14)15(2)16-3-5-17(6-4-16)27(23,24)18-7-8-19-20(11-18)26-13-25-19/h3-8,11,14-15,21H,9-10,12-13H2,1-2H3/t14-,15+/m1/s1. The average molecular weight is 388 g/mol. The Morgan fingerprint density at radius 3 is 2.52 bits per heavy atom. The Bertz CT molecular complexity index is 927. The van der Waals surface area contributed by atoms with Gasteiger partial charge in [0.2, 0.25) is 16.6 Å². The minimum Gasteiger partial charge on any atom is -0.454 e. The molecule has 144 valence electrons. The number of nitrogens with zero attached hydrogens (tertiary/aromatic N) is 1. The molecule has 0 aliphatic carbocycles. The van der Waals surface area contributed by atoms with Crippen LogP contribution in [0.15, 0.2) is 52.3 Å². The topological polar surface area (TPSA) is 67.9 Å². The Labute approximate surface area is 160 Å². The highest BCUT2D eigenvalue weighted by Gasteiger charge is 2.25. The molecule has 2 aliphatic heterocycles. The molecule has 6 nitrogen and oxygen atoms in total. The molecule has 1 N–H and O–H groups in total. The van der Waals surface area contributed by atoms with Gasteiger partial charge in [-0.15, -0.1) is 0 Å². The van der Waals surface area contributed by atoms with Gasteiger partial charge in [0.15, 0.2) is 11.5 Å². The lowest BCUT2D eigenvalue weighted by Gasteiger charge is -2.38. The van der Waals surface area contributed by atoms with Crippen LogP contribution in [0.1, 0.15) is 25.5 Å². The molecule has 0 aromatic heterocycles. The first kappa shape index (κ1) is 18.3. The van der Waals surface area contributed by atoms with E-state index in [0.29, 0.717) is 17.5 Å². The lowest BCUT2D eigenvalue weighted by atomic mass is 10.0. The van der Waals surface area contributed by atoms with Crippen molar-refractivity contribution in [1.82, 2.24) is 10.2 Å². The van der Waals surface area contributed by atoms with Crippen molar-refractivity contribution in [3.63, 3.8) is 0 Å². The predicted octanol–water partition coefficient (Wildman–Crippen LogP) is 2.60. The summed E-state index contributed by atoms with van der Waals surface area (Å²) in [6, 6.07) is 12.6. The number of sulfone groups is 1. The van der Waals surface area contributed by atoms with Gasteiger partial charge in [0.05, 0.1) is 9.79 Å². The summed E-state index contributed by atoms with van der Waals surface area (Å²) in [6.45, 7) is 7.44. The maximum absolute atomic E-state index is 13.0. The molecule has 2 atom stereocenters. The molecule has 1 saturated heterocycles. The Hall–Kier alpha value is -2.09. The molecule has 0 bridgehead atoms. The summed E-state index contributed by atoms with van der Waals surface area (Å²) in [4.78, 5) is 2.94. The molecule has 2 aliphatic rings. The van der Waals surface area contributed by atoms with Crippen molar-refractivity contribution >= 4 is 9.84 Å². The number of fused-ring (bicyclic) bond motifs is 1. The maximum atomic E-state index is 13.0. The van der Waals surface area contributed by atoms with Crippen molar-refractivity contribution in [2.75, 3.05) is 26.4 Å². The minimum atomic E-state index is -3.60. The van der Waals surface area contributed by atoms with Crippen LogP contribution in [0.5, 0.6) is 11.5 Å². The average Bonchev–Trinajstić information content (AvgIpc) is 3.16. The van der Waals surface area contributed by atoms with E-state index in [0.717, 1.165) is 25.2 Å². The molecule has 0 unspecified atom stereocenters. The Balaban J connectivity index is 1.58. The van der Waals surface area contributed by atoms with Crippen LogP contribution in [-0.4, -0.2) is 45.8 Å². The van der Waals surface area contributed by atoms with E-state index in [1.807, 2.05) is 12.1 Å². The quantitative estimate of drug-likeness (QED) is 0.868. The third kappa shape index (κ3) is 3.42. The molecule has 2 aromatic rings. The number of hydrogen-bond acceptors (Lipinski definition) is 6. The third-order valence-corrected chi connectivity index (χ3v) is 7.14. The Morgan fingerprint density at radius 2 is 1.78 bits per heavy atom. The monoisotopic (exact) mass is 388 g/mol. The Morgan fingerprint density at radius 1 is 1.07 bits per heavy atom. The smallest absolute Gasteiger partial charge is 0.231 e. The van der Waals surface area contributed by atoms with Gasteiger partial charge in [-0.25, -0.2) is 8.42 Å². The molecule has 2 heterocycles. The molecular formula is C20H24N2O4S. The highest BCUT2D eigenvalue weighted by Crippen LogP contribution is 2.35. The van der Waals surface area contributed by atoms with Crippen molar-refractivity contribution in [1.29, 1.82) is 0 Å². The summed E-state index contributed by atoms with van der Waals surface area (Å²) in [5.74, 6) is 1.04. The van der Waals surface area contributed by atoms with Gasteiger partial charge >= 0.3 is 0 Å². The predicted molar refractivity (Wildman–Crippen MR) is 102 cm³/mol. The second-order valence-electron chi connectivity index (χ2n) is 7.05. The fourth-order valence-electron chi connectivity index (χ4n) is 3.73. The van der Waals surface area contributed by atoms with Crippen LogP contribution in [0.4, 0.5) is 0 Å². The first-order chi connectivity index (χ1) is 13.0. The van der Waals surface area contributed by atoms with Crippen molar-refractivity contribution in [3.8, 4) is 11.5 Å². The van der Waals surface area contributed by atoms with Crippen molar-refractivity contribution in [3.05, 3.63) is 48.0 Å². The second-order valence-corrected chi connectivity index (χ2v) is 9.00. The van der Waals surface area contributed by atoms with E-state index in [1.54, 1.807) is 24.3 Å². The lowest BCUT2D eigenvalue weighted by Crippen LogP contribution is -2.50. The third-order valence-electron chi connectivity index (χ3n) is 5.38. The van der Waals surface area contributed by atoms with E-state index < -0.39 is 9.84 Å². The zero-order valence-electron chi connectivity index (χ0n) is 15.5. The van der Waals surface area contributed by atoms with Gasteiger partial charge in [-0.1, -0.05) is 12.1 Å². The maximum Gasteiger partial charge on any atom is 0.231 e. The first-order valence-corrected chi connectivity index (χ1v) is 10.7. The van der Waals surface area contributed by atoms with E-state index in [2.05, 4.69) is 24.1 Å². The highest BCUT2D eigenvalue weighted by atomic mass is 32.2. The van der Waals surface area contributed by atoms with E-state index in [4.69, 9.17) is 9.47 Å². The molecule has 27 heavy (non-hydrogen) atoms. The van der Waals surface area contributed by atoms with Crippen LogP contribution in [-0.2, 0) is 9.84 Å².